The second-order valence-corrected chi connectivity index (χ2v) is 5.40. The number of aromatic nitrogens is 1. The fourth-order valence-corrected chi connectivity index (χ4v) is 2.52. The van der Waals surface area contributed by atoms with Gasteiger partial charge < -0.3 is 20.8 Å². The molecule has 1 aliphatic rings. The molecule has 0 aliphatic carbocycles. The minimum atomic E-state index is -0.476. The Hall–Kier alpha value is -2.47. The first-order valence-electron chi connectivity index (χ1n) is 6.54. The number of halogens is 1. The van der Waals surface area contributed by atoms with E-state index in [9.17, 15) is 4.79 Å². The molecule has 0 radical (unpaired) electrons. The Kier molecular flexibility index (Phi) is 3.89. The Labute approximate surface area is 134 Å². The van der Waals surface area contributed by atoms with Crippen LogP contribution < -0.4 is 16.2 Å². The molecule has 0 saturated heterocycles. The average Bonchev–Trinajstić information content (AvgIpc) is 2.87. The Bertz CT molecular complexity index is 761. The van der Waals surface area contributed by atoms with Gasteiger partial charge in [-0.3, -0.25) is 4.79 Å². The number of carbonyl (C=O) groups excluding carboxylic acids is 1. The lowest BCUT2D eigenvalue weighted by atomic mass is 10.0. The van der Waals surface area contributed by atoms with Crippen LogP contribution in [0.15, 0.2) is 41.5 Å². The predicted octanol–water partition coefficient (Wildman–Crippen LogP) is 1.94. The molecule has 0 spiro atoms. The van der Waals surface area contributed by atoms with Gasteiger partial charge in [0.05, 0.1) is 11.4 Å². The lowest BCUT2D eigenvalue weighted by molar-refractivity contribution is 0.0923. The Balaban J connectivity index is 0.00000176. The highest BCUT2D eigenvalue weighted by Gasteiger charge is 2.32. The summed E-state index contributed by atoms with van der Waals surface area (Å²) in [5, 5.41) is 0. The van der Waals surface area contributed by atoms with E-state index in [4.69, 9.17) is 16.2 Å². The van der Waals surface area contributed by atoms with Gasteiger partial charge in [-0.2, -0.15) is 4.99 Å². The largest absolute Gasteiger partial charge is 0.479 e. The summed E-state index contributed by atoms with van der Waals surface area (Å²) in [6, 6.07) is 9.07. The van der Waals surface area contributed by atoms with Crippen LogP contribution in [0.25, 0.3) is 5.69 Å². The van der Waals surface area contributed by atoms with Crippen molar-refractivity contribution in [3.63, 3.8) is 0 Å². The third kappa shape index (κ3) is 2.53. The maximum absolute atomic E-state index is 11.9. The first kappa shape index (κ1) is 15.9. The molecular formula is C15H17ClN4O2. The first-order valence-corrected chi connectivity index (χ1v) is 6.54. The molecule has 116 valence electrons. The van der Waals surface area contributed by atoms with Crippen LogP contribution in [0.1, 0.15) is 29.9 Å². The highest BCUT2D eigenvalue weighted by Crippen LogP contribution is 2.39. The number of fused-ring (bicyclic) bond motifs is 3. The highest BCUT2D eigenvalue weighted by atomic mass is 35.5. The number of nitrogens with two attached hydrogens (primary N) is 2. The van der Waals surface area contributed by atoms with Crippen molar-refractivity contribution < 1.29 is 9.53 Å². The molecule has 0 unspecified atom stereocenters. The van der Waals surface area contributed by atoms with Gasteiger partial charge >= 0.3 is 0 Å². The van der Waals surface area contributed by atoms with Crippen LogP contribution in [0.2, 0.25) is 0 Å². The van der Waals surface area contributed by atoms with E-state index >= 15 is 0 Å². The van der Waals surface area contributed by atoms with E-state index in [-0.39, 0.29) is 18.4 Å². The number of aliphatic imine (C=N–C) groups is 1. The van der Waals surface area contributed by atoms with Crippen molar-refractivity contribution in [1.29, 1.82) is 0 Å². The standard InChI is InChI=1S/C15H16N4O2.ClH/c1-15(2)12-4-3-7-19(12)10-8-9(5-6-11(10)21-15)13(20)18-14(16)17;/h3-8H,1-2H3,(H4,16,17,18,20);1H. The van der Waals surface area contributed by atoms with E-state index in [0.717, 1.165) is 11.4 Å². The lowest BCUT2D eigenvalue weighted by Gasteiger charge is -2.34. The molecule has 4 N–H and O–H groups in total. The van der Waals surface area contributed by atoms with Gasteiger partial charge in [0, 0.05) is 11.8 Å². The van der Waals surface area contributed by atoms with Crippen LogP contribution in [-0.4, -0.2) is 16.4 Å². The molecule has 2 heterocycles. The number of rotatable bonds is 1. The molecule has 0 atom stereocenters. The van der Waals surface area contributed by atoms with E-state index in [1.54, 1.807) is 18.2 Å². The van der Waals surface area contributed by atoms with Crippen LogP contribution in [0.5, 0.6) is 5.75 Å². The first-order chi connectivity index (χ1) is 9.88. The summed E-state index contributed by atoms with van der Waals surface area (Å²) >= 11 is 0. The van der Waals surface area contributed by atoms with E-state index in [2.05, 4.69) is 4.99 Å². The molecule has 0 fully saturated rings. The number of hydrogen-bond donors (Lipinski definition) is 2. The van der Waals surface area contributed by atoms with Crippen molar-refractivity contribution in [2.24, 2.45) is 16.5 Å². The normalized spacial score (nSPS) is 13.9. The smallest absolute Gasteiger partial charge is 0.280 e. The zero-order valence-corrected chi connectivity index (χ0v) is 13.1. The summed E-state index contributed by atoms with van der Waals surface area (Å²) in [6.45, 7) is 4.00. The lowest BCUT2D eigenvalue weighted by Crippen LogP contribution is -2.32. The molecule has 6 nitrogen and oxygen atoms in total. The molecule has 7 heteroatoms. The SMILES string of the molecule is CC1(C)Oc2ccc(C(=O)N=C(N)N)cc2-n2cccc21.Cl. The second kappa shape index (κ2) is 5.38. The van der Waals surface area contributed by atoms with E-state index < -0.39 is 11.5 Å². The zero-order valence-electron chi connectivity index (χ0n) is 12.2. The van der Waals surface area contributed by atoms with E-state index in [1.165, 1.54) is 0 Å². The van der Waals surface area contributed by atoms with Crippen LogP contribution >= 0.6 is 12.4 Å². The van der Waals surface area contributed by atoms with Crippen molar-refractivity contribution in [3.05, 3.63) is 47.8 Å². The average molecular weight is 321 g/mol. The van der Waals surface area contributed by atoms with Gasteiger partial charge in [-0.1, -0.05) is 0 Å². The van der Waals surface area contributed by atoms with Crippen molar-refractivity contribution in [3.8, 4) is 11.4 Å². The minimum Gasteiger partial charge on any atom is -0.479 e. The number of benzene rings is 1. The van der Waals surface area contributed by atoms with Crippen LogP contribution in [0.3, 0.4) is 0 Å². The van der Waals surface area contributed by atoms with Gasteiger partial charge in [-0.25, -0.2) is 0 Å². The van der Waals surface area contributed by atoms with Crippen molar-refractivity contribution in [2.45, 2.75) is 19.4 Å². The van der Waals surface area contributed by atoms with Gasteiger partial charge in [0.2, 0.25) is 0 Å². The van der Waals surface area contributed by atoms with Crippen molar-refractivity contribution in [2.75, 3.05) is 0 Å². The third-order valence-corrected chi connectivity index (χ3v) is 3.43. The quantitative estimate of drug-likeness (QED) is 0.620. The number of ether oxygens (including phenoxy) is 1. The summed E-state index contributed by atoms with van der Waals surface area (Å²) in [4.78, 5) is 15.5. The van der Waals surface area contributed by atoms with E-state index in [1.807, 2.05) is 36.7 Å². The highest BCUT2D eigenvalue weighted by molar-refractivity contribution is 6.02. The zero-order chi connectivity index (χ0) is 15.2. The van der Waals surface area contributed by atoms with Crippen LogP contribution in [0, 0.1) is 0 Å². The van der Waals surface area contributed by atoms with Gasteiger partial charge in [0.1, 0.15) is 11.4 Å². The van der Waals surface area contributed by atoms with Gasteiger partial charge in [0.15, 0.2) is 5.96 Å². The van der Waals surface area contributed by atoms with Crippen molar-refractivity contribution >= 4 is 24.3 Å². The summed E-state index contributed by atoms with van der Waals surface area (Å²) in [5.74, 6) is -0.0157. The van der Waals surface area contributed by atoms with Crippen molar-refractivity contribution in [1.82, 2.24) is 4.57 Å². The third-order valence-electron chi connectivity index (χ3n) is 3.43. The fraction of sp³-hybridized carbons (Fsp3) is 0.200. The van der Waals surface area contributed by atoms with Gasteiger partial charge in [-0.15, -0.1) is 12.4 Å². The summed E-state index contributed by atoms with van der Waals surface area (Å²) in [7, 11) is 0. The second-order valence-electron chi connectivity index (χ2n) is 5.40. The summed E-state index contributed by atoms with van der Waals surface area (Å²) in [5.41, 5.74) is 12.3. The number of nitrogens with zero attached hydrogens (tertiary/aromatic N) is 2. The molecular weight excluding hydrogens is 304 g/mol. The number of amides is 1. The number of carbonyl (C=O) groups is 1. The Morgan fingerprint density at radius 2 is 2.00 bits per heavy atom. The Morgan fingerprint density at radius 1 is 1.27 bits per heavy atom. The molecule has 0 bridgehead atoms. The topological polar surface area (TPSA) is 95.6 Å². The molecule has 1 amide bonds. The molecule has 2 aromatic rings. The minimum absolute atomic E-state index is 0. The molecule has 1 aliphatic heterocycles. The molecule has 0 saturated carbocycles. The maximum Gasteiger partial charge on any atom is 0.280 e. The van der Waals surface area contributed by atoms with Crippen LogP contribution in [-0.2, 0) is 5.60 Å². The molecule has 3 rings (SSSR count). The number of guanidine groups is 1. The van der Waals surface area contributed by atoms with Gasteiger partial charge in [-0.05, 0) is 44.2 Å². The summed E-state index contributed by atoms with van der Waals surface area (Å²) < 4.78 is 8.01. The molecule has 1 aromatic carbocycles. The monoisotopic (exact) mass is 320 g/mol. The van der Waals surface area contributed by atoms with E-state index in [0.29, 0.717) is 11.3 Å². The molecule has 22 heavy (non-hydrogen) atoms. The van der Waals surface area contributed by atoms with Crippen LogP contribution in [0.4, 0.5) is 0 Å². The fourth-order valence-electron chi connectivity index (χ4n) is 2.52. The number of hydrogen-bond acceptors (Lipinski definition) is 2. The predicted molar refractivity (Wildman–Crippen MR) is 86.8 cm³/mol. The maximum atomic E-state index is 11.9. The van der Waals surface area contributed by atoms with Gasteiger partial charge in [0.25, 0.3) is 5.91 Å². The molecule has 1 aromatic heterocycles. The Morgan fingerprint density at radius 3 is 2.68 bits per heavy atom. The summed E-state index contributed by atoms with van der Waals surface area (Å²) in [6.07, 6.45) is 1.94.